The summed E-state index contributed by atoms with van der Waals surface area (Å²) in [6.45, 7) is 0. The van der Waals surface area contributed by atoms with Gasteiger partial charge >= 0.3 is 29.6 Å². The molecular weight excluding hydrogens is 373 g/mol. The predicted molar refractivity (Wildman–Crippen MR) is 94.9 cm³/mol. The van der Waals surface area contributed by atoms with Crippen LogP contribution in [0.25, 0.3) is 10.8 Å². The van der Waals surface area contributed by atoms with Crippen LogP contribution >= 0.6 is 11.6 Å². The molecule has 0 spiro atoms. The van der Waals surface area contributed by atoms with Gasteiger partial charge in [0.05, 0.1) is 10.7 Å². The fourth-order valence-electron chi connectivity index (χ4n) is 2.29. The van der Waals surface area contributed by atoms with Crippen LogP contribution in [0, 0.1) is 0 Å². The van der Waals surface area contributed by atoms with Crippen LogP contribution in [0.15, 0.2) is 69.7 Å². The number of nitrogen functional groups attached to an aromatic ring is 1. The van der Waals surface area contributed by atoms with Crippen LogP contribution < -0.4 is 35.3 Å². The summed E-state index contributed by atoms with van der Waals surface area (Å²) in [5.41, 5.74) is 6.87. The molecule has 0 bridgehead atoms. The maximum atomic E-state index is 11.7. The van der Waals surface area contributed by atoms with E-state index < -0.39 is 10.1 Å². The molecule has 0 saturated carbocycles. The van der Waals surface area contributed by atoms with Crippen LogP contribution in [0.1, 0.15) is 1.43 Å². The number of nitrogens with zero attached hydrogens (tertiary/aromatic N) is 2. The van der Waals surface area contributed by atoms with E-state index in [4.69, 9.17) is 17.3 Å². The van der Waals surface area contributed by atoms with Crippen molar-refractivity contribution in [2.45, 2.75) is 4.90 Å². The Bertz CT molecular complexity index is 1080. The van der Waals surface area contributed by atoms with Gasteiger partial charge in [-0.05, 0) is 18.2 Å². The maximum absolute atomic E-state index is 11.7. The van der Waals surface area contributed by atoms with E-state index in [1.54, 1.807) is 48.5 Å². The summed E-state index contributed by atoms with van der Waals surface area (Å²) in [5.74, 6) is 0. The maximum Gasteiger partial charge on any atom is 1.00 e. The number of azo groups is 1. The molecule has 0 amide bonds. The van der Waals surface area contributed by atoms with E-state index >= 15 is 0 Å². The molecule has 0 aliphatic rings. The normalized spacial score (nSPS) is 11.6. The van der Waals surface area contributed by atoms with Gasteiger partial charge in [-0.15, -0.1) is 10.2 Å². The van der Waals surface area contributed by atoms with Gasteiger partial charge in [-0.1, -0.05) is 48.0 Å². The quantitative estimate of drug-likeness (QED) is 0.310. The number of rotatable bonds is 3. The Morgan fingerprint density at radius 1 is 0.960 bits per heavy atom. The van der Waals surface area contributed by atoms with E-state index in [1.807, 2.05) is 0 Å². The van der Waals surface area contributed by atoms with Gasteiger partial charge in [-0.3, -0.25) is 4.55 Å². The topological polar surface area (TPSA) is 105 Å². The zero-order valence-corrected chi connectivity index (χ0v) is 16.8. The Balaban J connectivity index is 0.00000169. The summed E-state index contributed by atoms with van der Waals surface area (Å²) in [4.78, 5) is -0.277. The molecular formula is C16H13ClN3NaO3S. The minimum absolute atomic E-state index is 0. The molecule has 0 aromatic heterocycles. The fourth-order valence-corrected chi connectivity index (χ4v) is 3.18. The zero-order valence-electron chi connectivity index (χ0n) is 14.2. The average Bonchev–Trinajstić information content (AvgIpc) is 2.54. The Labute approximate surface area is 173 Å². The average molecular weight is 386 g/mol. The number of anilines is 1. The van der Waals surface area contributed by atoms with E-state index in [9.17, 15) is 13.0 Å². The molecule has 124 valence electrons. The van der Waals surface area contributed by atoms with Gasteiger partial charge in [-0.25, -0.2) is 0 Å². The van der Waals surface area contributed by atoms with Crippen LogP contribution in [0.2, 0.25) is 5.02 Å². The summed E-state index contributed by atoms with van der Waals surface area (Å²) in [5, 5.41) is 9.18. The van der Waals surface area contributed by atoms with Gasteiger partial charge in [0.15, 0.2) is 0 Å². The van der Waals surface area contributed by atoms with Gasteiger partial charge < -0.3 is 7.16 Å². The van der Waals surface area contributed by atoms with Crippen molar-refractivity contribution in [1.82, 2.24) is 0 Å². The SMILES string of the molecule is Nc1c(N=Nc2ccccc2Cl)cc(S(=O)(=O)O)c2ccccc12.[H-].[Na+]. The first-order valence-corrected chi connectivity index (χ1v) is 8.64. The molecule has 3 rings (SSSR count). The van der Waals surface area contributed by atoms with Crippen LogP contribution in [0.5, 0.6) is 0 Å². The summed E-state index contributed by atoms with van der Waals surface area (Å²) in [6.07, 6.45) is 0. The fraction of sp³-hybridized carbons (Fsp3) is 0. The first kappa shape index (κ1) is 19.8. The Morgan fingerprint density at radius 3 is 2.16 bits per heavy atom. The molecule has 25 heavy (non-hydrogen) atoms. The molecule has 0 unspecified atom stereocenters. The smallest absolute Gasteiger partial charge is 1.00 e. The number of benzene rings is 3. The second kappa shape index (κ2) is 7.82. The summed E-state index contributed by atoms with van der Waals surface area (Å²) >= 11 is 6.01. The summed E-state index contributed by atoms with van der Waals surface area (Å²) < 4.78 is 32.8. The second-order valence-corrected chi connectivity index (χ2v) is 6.78. The zero-order chi connectivity index (χ0) is 17.3. The molecule has 0 fully saturated rings. The number of fused-ring (bicyclic) bond motifs is 1. The molecule has 9 heteroatoms. The number of halogens is 1. The van der Waals surface area contributed by atoms with E-state index in [2.05, 4.69) is 10.2 Å². The number of nitrogens with two attached hydrogens (primary N) is 1. The van der Waals surface area contributed by atoms with Crippen molar-refractivity contribution in [3.05, 3.63) is 59.6 Å². The third-order valence-corrected chi connectivity index (χ3v) is 4.64. The van der Waals surface area contributed by atoms with Gasteiger partial charge in [-0.2, -0.15) is 8.42 Å². The van der Waals surface area contributed by atoms with E-state index in [0.29, 0.717) is 21.5 Å². The Kier molecular flexibility index (Phi) is 6.21. The van der Waals surface area contributed by atoms with Crippen molar-refractivity contribution < 1.29 is 44.0 Å². The van der Waals surface area contributed by atoms with Crippen molar-refractivity contribution in [1.29, 1.82) is 0 Å². The molecule has 3 N–H and O–H groups in total. The Morgan fingerprint density at radius 2 is 1.52 bits per heavy atom. The van der Waals surface area contributed by atoms with Crippen LogP contribution in [-0.4, -0.2) is 13.0 Å². The van der Waals surface area contributed by atoms with Gasteiger partial charge in [0.2, 0.25) is 0 Å². The van der Waals surface area contributed by atoms with Gasteiger partial charge in [0, 0.05) is 10.8 Å². The Hall–Kier alpha value is -1.48. The molecule has 6 nitrogen and oxygen atoms in total. The molecule has 0 saturated heterocycles. The predicted octanol–water partition coefficient (Wildman–Crippen LogP) is 1.85. The number of hydrogen-bond acceptors (Lipinski definition) is 5. The molecule has 3 aromatic carbocycles. The van der Waals surface area contributed by atoms with Crippen molar-refractivity contribution in [3.8, 4) is 0 Å². The van der Waals surface area contributed by atoms with E-state index in [-0.39, 0.29) is 47.3 Å². The second-order valence-electron chi connectivity index (χ2n) is 4.98. The van der Waals surface area contributed by atoms with Crippen LogP contribution in [0.3, 0.4) is 0 Å². The first-order valence-electron chi connectivity index (χ1n) is 6.83. The van der Waals surface area contributed by atoms with Crippen LogP contribution in [-0.2, 0) is 10.1 Å². The van der Waals surface area contributed by atoms with Crippen molar-refractivity contribution in [2.75, 3.05) is 5.73 Å². The minimum atomic E-state index is -4.44. The molecule has 0 radical (unpaired) electrons. The number of hydrogen-bond donors (Lipinski definition) is 2. The first-order chi connectivity index (χ1) is 11.4. The molecule has 0 aliphatic carbocycles. The monoisotopic (exact) mass is 385 g/mol. The van der Waals surface area contributed by atoms with Crippen molar-refractivity contribution in [2.24, 2.45) is 10.2 Å². The minimum Gasteiger partial charge on any atom is -1.00 e. The van der Waals surface area contributed by atoms with Gasteiger partial charge in [0.25, 0.3) is 10.1 Å². The molecule has 0 heterocycles. The standard InChI is InChI=1S/C16H12ClN3O3S.Na.H/c17-12-7-3-4-8-13(12)19-20-14-9-15(24(21,22)23)10-5-1-2-6-11(10)16(14)18;;/h1-9H,18H2,(H,21,22,23);;/q;+1;-1. The van der Waals surface area contributed by atoms with Crippen molar-refractivity contribution >= 4 is 49.6 Å². The van der Waals surface area contributed by atoms with Crippen molar-refractivity contribution in [3.63, 3.8) is 0 Å². The molecule has 0 aliphatic heterocycles. The third-order valence-electron chi connectivity index (χ3n) is 3.42. The molecule has 0 atom stereocenters. The largest absolute Gasteiger partial charge is 1.00 e. The third kappa shape index (κ3) is 4.20. The summed E-state index contributed by atoms with van der Waals surface area (Å²) in [7, 11) is -4.44. The van der Waals surface area contributed by atoms with Gasteiger partial charge in [0.1, 0.15) is 16.3 Å². The van der Waals surface area contributed by atoms with E-state index in [1.165, 1.54) is 6.07 Å². The van der Waals surface area contributed by atoms with E-state index in [0.717, 1.165) is 0 Å². The molecule has 3 aromatic rings. The van der Waals surface area contributed by atoms with Crippen LogP contribution in [0.4, 0.5) is 17.1 Å². The summed E-state index contributed by atoms with van der Waals surface area (Å²) in [6, 6.07) is 14.6.